The summed E-state index contributed by atoms with van der Waals surface area (Å²) >= 11 is 3.33. The Morgan fingerprint density at radius 2 is 2.00 bits per heavy atom. The molecule has 0 atom stereocenters. The number of fused-ring (bicyclic) bond motifs is 1. The number of benzene rings is 1. The number of esters is 1. The number of carbonyl (C=O) groups is 1. The van der Waals surface area contributed by atoms with Crippen LogP contribution < -0.4 is 9.47 Å². The first-order valence-electron chi connectivity index (χ1n) is 4.93. The van der Waals surface area contributed by atoms with E-state index in [1.807, 2.05) is 18.2 Å². The van der Waals surface area contributed by atoms with Gasteiger partial charge in [0, 0.05) is 18.4 Å². The maximum atomic E-state index is 11.1. The van der Waals surface area contributed by atoms with Crippen LogP contribution in [0.15, 0.2) is 28.7 Å². The number of hydrogen-bond acceptors (Lipinski definition) is 4. The number of aromatic nitrogens is 1. The summed E-state index contributed by atoms with van der Waals surface area (Å²) in [4.78, 5) is 15.3. The Labute approximate surface area is 107 Å². The smallest absolute Gasteiger partial charge is 0.308 e. The van der Waals surface area contributed by atoms with Gasteiger partial charge in [-0.25, -0.2) is 4.98 Å². The molecule has 0 spiro atoms. The van der Waals surface area contributed by atoms with Crippen LogP contribution in [0.3, 0.4) is 0 Å². The minimum atomic E-state index is -0.386. The molecule has 0 radical (unpaired) electrons. The van der Waals surface area contributed by atoms with Crippen LogP contribution >= 0.6 is 15.9 Å². The first-order chi connectivity index (χ1) is 8.11. The highest BCUT2D eigenvalue weighted by molar-refractivity contribution is 9.10. The monoisotopic (exact) mass is 295 g/mol. The van der Waals surface area contributed by atoms with E-state index >= 15 is 0 Å². The molecule has 0 aliphatic heterocycles. The maximum absolute atomic E-state index is 11.1. The fourth-order valence-electron chi connectivity index (χ4n) is 1.47. The Kier molecular flexibility index (Phi) is 3.28. The molecule has 1 heterocycles. The normalized spacial score (nSPS) is 10.3. The van der Waals surface area contributed by atoms with Gasteiger partial charge in [-0.05, 0) is 28.1 Å². The molecule has 0 saturated heterocycles. The van der Waals surface area contributed by atoms with Crippen LogP contribution in [0, 0.1) is 0 Å². The fourth-order valence-corrected chi connectivity index (χ4v) is 1.88. The van der Waals surface area contributed by atoms with E-state index in [0.29, 0.717) is 21.6 Å². The van der Waals surface area contributed by atoms with E-state index in [4.69, 9.17) is 9.47 Å². The lowest BCUT2D eigenvalue weighted by Gasteiger charge is -2.08. The molecule has 0 fully saturated rings. The summed E-state index contributed by atoms with van der Waals surface area (Å²) in [5, 5.41) is 0.880. The van der Waals surface area contributed by atoms with Crippen molar-refractivity contribution in [2.45, 2.75) is 6.92 Å². The highest BCUT2D eigenvalue weighted by Crippen LogP contribution is 2.33. The molecule has 2 rings (SSSR count). The van der Waals surface area contributed by atoms with Crippen molar-refractivity contribution in [3.8, 4) is 11.6 Å². The highest BCUT2D eigenvalue weighted by atomic mass is 79.9. The van der Waals surface area contributed by atoms with Gasteiger partial charge in [0.05, 0.1) is 11.6 Å². The third-order valence-electron chi connectivity index (χ3n) is 2.20. The SMILES string of the molecule is COc1ccc2ccc(Br)c(OC(C)=O)c2n1. The van der Waals surface area contributed by atoms with Crippen LogP contribution in [0.4, 0.5) is 0 Å². The zero-order valence-electron chi connectivity index (χ0n) is 9.36. The van der Waals surface area contributed by atoms with Gasteiger partial charge in [-0.2, -0.15) is 0 Å². The molecule has 0 saturated carbocycles. The number of carbonyl (C=O) groups excluding carboxylic acids is 1. The summed E-state index contributed by atoms with van der Waals surface area (Å²) in [6.07, 6.45) is 0. The highest BCUT2D eigenvalue weighted by Gasteiger charge is 2.11. The zero-order chi connectivity index (χ0) is 12.4. The standard InChI is InChI=1S/C12H10BrNO3/c1-7(15)17-12-9(13)5-3-8-4-6-10(16-2)14-11(8)12/h3-6H,1-2H3. The quantitative estimate of drug-likeness (QED) is 0.631. The molecule has 0 amide bonds. The van der Waals surface area contributed by atoms with E-state index in [-0.39, 0.29) is 5.97 Å². The van der Waals surface area contributed by atoms with E-state index in [1.54, 1.807) is 6.07 Å². The van der Waals surface area contributed by atoms with Crippen molar-refractivity contribution in [3.63, 3.8) is 0 Å². The fraction of sp³-hybridized carbons (Fsp3) is 0.167. The molecule has 0 N–H and O–H groups in total. The predicted octanol–water partition coefficient (Wildman–Crippen LogP) is 2.93. The Hall–Kier alpha value is -1.62. The second-order valence-corrected chi connectivity index (χ2v) is 4.25. The summed E-state index contributed by atoms with van der Waals surface area (Å²) < 4.78 is 10.9. The van der Waals surface area contributed by atoms with Crippen molar-refractivity contribution >= 4 is 32.8 Å². The molecule has 0 bridgehead atoms. The molecular formula is C12H10BrNO3. The summed E-state index contributed by atoms with van der Waals surface area (Å²) in [6, 6.07) is 7.32. The summed E-state index contributed by atoms with van der Waals surface area (Å²) in [6.45, 7) is 1.35. The number of pyridine rings is 1. The van der Waals surface area contributed by atoms with Crippen molar-refractivity contribution in [2.75, 3.05) is 7.11 Å². The van der Waals surface area contributed by atoms with E-state index in [2.05, 4.69) is 20.9 Å². The van der Waals surface area contributed by atoms with Crippen molar-refractivity contribution < 1.29 is 14.3 Å². The molecule has 0 aliphatic rings. The number of methoxy groups -OCH3 is 1. The van der Waals surface area contributed by atoms with Gasteiger partial charge in [0.15, 0.2) is 5.75 Å². The topological polar surface area (TPSA) is 48.4 Å². The predicted molar refractivity (Wildman–Crippen MR) is 67.3 cm³/mol. The Morgan fingerprint density at radius 3 is 2.65 bits per heavy atom. The molecule has 88 valence electrons. The second kappa shape index (κ2) is 4.71. The zero-order valence-corrected chi connectivity index (χ0v) is 10.9. The molecule has 2 aromatic rings. The Bertz CT molecular complexity index is 583. The average molecular weight is 296 g/mol. The molecule has 4 nitrogen and oxygen atoms in total. The summed E-state index contributed by atoms with van der Waals surface area (Å²) in [7, 11) is 1.54. The maximum Gasteiger partial charge on any atom is 0.308 e. The van der Waals surface area contributed by atoms with Crippen LogP contribution in [-0.4, -0.2) is 18.1 Å². The van der Waals surface area contributed by atoms with Crippen LogP contribution in [0.2, 0.25) is 0 Å². The minimum absolute atomic E-state index is 0.386. The number of rotatable bonds is 2. The van der Waals surface area contributed by atoms with Gasteiger partial charge in [-0.3, -0.25) is 4.79 Å². The molecule has 1 aromatic carbocycles. The summed E-state index contributed by atoms with van der Waals surface area (Å²) in [5.41, 5.74) is 0.592. The largest absolute Gasteiger partial charge is 0.481 e. The Balaban J connectivity index is 2.68. The first kappa shape index (κ1) is 11.9. The lowest BCUT2D eigenvalue weighted by atomic mass is 10.2. The average Bonchev–Trinajstić information content (AvgIpc) is 2.32. The minimum Gasteiger partial charge on any atom is -0.481 e. The number of hydrogen-bond donors (Lipinski definition) is 0. The molecule has 0 aliphatic carbocycles. The van der Waals surface area contributed by atoms with Gasteiger partial charge in [-0.15, -0.1) is 0 Å². The van der Waals surface area contributed by atoms with Crippen LogP contribution in [0.5, 0.6) is 11.6 Å². The molecule has 1 aromatic heterocycles. The van der Waals surface area contributed by atoms with Crippen molar-refractivity contribution in [1.29, 1.82) is 0 Å². The van der Waals surface area contributed by atoms with Crippen molar-refractivity contribution in [2.24, 2.45) is 0 Å². The van der Waals surface area contributed by atoms with Crippen molar-refractivity contribution in [1.82, 2.24) is 4.98 Å². The number of nitrogens with zero attached hydrogens (tertiary/aromatic N) is 1. The van der Waals surface area contributed by atoms with E-state index in [1.165, 1.54) is 14.0 Å². The second-order valence-electron chi connectivity index (χ2n) is 3.40. The molecule has 0 unspecified atom stereocenters. The lowest BCUT2D eigenvalue weighted by Crippen LogP contribution is -2.03. The van der Waals surface area contributed by atoms with Gasteiger partial charge in [0.25, 0.3) is 0 Å². The van der Waals surface area contributed by atoms with E-state index < -0.39 is 0 Å². The Morgan fingerprint density at radius 1 is 1.29 bits per heavy atom. The third kappa shape index (κ3) is 2.39. The molecule has 5 heteroatoms. The van der Waals surface area contributed by atoms with E-state index in [9.17, 15) is 4.79 Å². The van der Waals surface area contributed by atoms with Gasteiger partial charge < -0.3 is 9.47 Å². The first-order valence-corrected chi connectivity index (χ1v) is 5.73. The van der Waals surface area contributed by atoms with Gasteiger partial charge in [0.2, 0.25) is 5.88 Å². The van der Waals surface area contributed by atoms with Gasteiger partial charge >= 0.3 is 5.97 Å². The number of ether oxygens (including phenoxy) is 2. The molecule has 17 heavy (non-hydrogen) atoms. The molecular weight excluding hydrogens is 286 g/mol. The lowest BCUT2D eigenvalue weighted by molar-refractivity contribution is -0.131. The van der Waals surface area contributed by atoms with Gasteiger partial charge in [-0.1, -0.05) is 6.07 Å². The van der Waals surface area contributed by atoms with Gasteiger partial charge in [0.1, 0.15) is 5.52 Å². The van der Waals surface area contributed by atoms with Crippen LogP contribution in [0.25, 0.3) is 10.9 Å². The van der Waals surface area contributed by atoms with Crippen LogP contribution in [0.1, 0.15) is 6.92 Å². The van der Waals surface area contributed by atoms with Crippen LogP contribution in [-0.2, 0) is 4.79 Å². The van der Waals surface area contributed by atoms with E-state index in [0.717, 1.165) is 5.39 Å². The third-order valence-corrected chi connectivity index (χ3v) is 2.82. The number of halogens is 1. The van der Waals surface area contributed by atoms with Crippen molar-refractivity contribution in [3.05, 3.63) is 28.7 Å². The summed E-state index contributed by atoms with van der Waals surface area (Å²) in [5.74, 6) is 0.501.